The number of anilines is 1. The molecule has 0 fully saturated rings. The zero-order chi connectivity index (χ0) is 23.4. The molecule has 0 bridgehead atoms. The summed E-state index contributed by atoms with van der Waals surface area (Å²) >= 11 is 1.21. The van der Waals surface area contributed by atoms with E-state index in [1.807, 2.05) is 12.1 Å². The minimum atomic E-state index is -0.464. The lowest BCUT2D eigenvalue weighted by molar-refractivity contribution is -0.385. The van der Waals surface area contributed by atoms with E-state index in [-0.39, 0.29) is 18.1 Å². The van der Waals surface area contributed by atoms with Crippen LogP contribution >= 0.6 is 11.3 Å². The third-order valence-electron chi connectivity index (χ3n) is 4.75. The van der Waals surface area contributed by atoms with Crippen molar-refractivity contribution in [3.05, 3.63) is 87.2 Å². The number of nitro benzene ring substituents is 1. The van der Waals surface area contributed by atoms with E-state index < -0.39 is 10.8 Å². The first-order chi connectivity index (χ1) is 15.9. The van der Waals surface area contributed by atoms with E-state index in [1.54, 1.807) is 55.8 Å². The number of benzene rings is 2. The Balaban J connectivity index is 1.41. The molecule has 0 aliphatic carbocycles. The molecular formula is C23H19N3O6S. The van der Waals surface area contributed by atoms with Crippen LogP contribution in [0.1, 0.15) is 21.9 Å². The normalized spacial score (nSPS) is 10.6. The highest BCUT2D eigenvalue weighted by atomic mass is 32.1. The number of ether oxygens (including phenoxy) is 2. The van der Waals surface area contributed by atoms with Crippen molar-refractivity contribution >= 4 is 28.1 Å². The smallest absolute Gasteiger partial charge is 0.293 e. The highest BCUT2D eigenvalue weighted by Gasteiger charge is 2.17. The van der Waals surface area contributed by atoms with Crippen molar-refractivity contribution in [1.29, 1.82) is 0 Å². The number of carbonyl (C=O) groups is 1. The molecule has 0 saturated heterocycles. The van der Waals surface area contributed by atoms with Gasteiger partial charge in [0.2, 0.25) is 0 Å². The topological polar surface area (TPSA) is 117 Å². The molecule has 4 aromatic rings. The number of thiazole rings is 1. The highest BCUT2D eigenvalue weighted by Crippen LogP contribution is 2.30. The molecule has 2 aromatic heterocycles. The SMILES string of the molecule is COc1ccccc1OCc1ccc(C(=O)Nc2nc(-c3ccc(C)c([N+](=O)[O-])c3)cs2)o1. The standard InChI is InChI=1S/C23H19N3O6S/c1-14-7-8-15(11-18(14)26(28)29)17-13-33-23(24-17)25-22(27)21-10-9-16(32-21)12-31-20-6-4-3-5-19(20)30-2/h3-11,13H,12H2,1-2H3,(H,24,25,27). The molecule has 33 heavy (non-hydrogen) atoms. The van der Waals surface area contributed by atoms with E-state index in [0.29, 0.717) is 39.2 Å². The molecule has 168 valence electrons. The lowest BCUT2D eigenvalue weighted by atomic mass is 10.1. The van der Waals surface area contributed by atoms with Crippen LogP contribution in [0.2, 0.25) is 0 Å². The summed E-state index contributed by atoms with van der Waals surface area (Å²) in [4.78, 5) is 27.7. The Morgan fingerprint density at radius 1 is 1.18 bits per heavy atom. The minimum Gasteiger partial charge on any atom is -0.493 e. The fourth-order valence-electron chi connectivity index (χ4n) is 3.05. The van der Waals surface area contributed by atoms with Crippen molar-refractivity contribution in [2.24, 2.45) is 0 Å². The van der Waals surface area contributed by atoms with Crippen LogP contribution in [0.15, 0.2) is 64.4 Å². The van der Waals surface area contributed by atoms with Gasteiger partial charge >= 0.3 is 0 Å². The maximum atomic E-state index is 12.5. The number of hydrogen-bond donors (Lipinski definition) is 1. The number of nitrogens with zero attached hydrogens (tertiary/aromatic N) is 2. The van der Waals surface area contributed by atoms with Crippen molar-refractivity contribution in [2.75, 3.05) is 12.4 Å². The molecule has 2 aromatic carbocycles. The van der Waals surface area contributed by atoms with Gasteiger partial charge in [0, 0.05) is 22.6 Å². The van der Waals surface area contributed by atoms with E-state index in [4.69, 9.17) is 13.9 Å². The summed E-state index contributed by atoms with van der Waals surface area (Å²) in [6, 6.07) is 15.3. The van der Waals surface area contributed by atoms with Crippen LogP contribution in [0.4, 0.5) is 10.8 Å². The van der Waals surface area contributed by atoms with Gasteiger partial charge in [0.15, 0.2) is 22.4 Å². The van der Waals surface area contributed by atoms with Crippen molar-refractivity contribution in [3.63, 3.8) is 0 Å². The Bertz CT molecular complexity index is 1310. The second kappa shape index (κ2) is 9.53. The number of rotatable bonds is 8. The van der Waals surface area contributed by atoms with Crippen LogP contribution in [0.5, 0.6) is 11.5 Å². The van der Waals surface area contributed by atoms with Gasteiger partial charge in [-0.3, -0.25) is 20.2 Å². The molecule has 1 amide bonds. The van der Waals surface area contributed by atoms with Gasteiger partial charge in [-0.15, -0.1) is 11.3 Å². The van der Waals surface area contributed by atoms with Gasteiger partial charge in [0.25, 0.3) is 11.6 Å². The van der Waals surface area contributed by atoms with Gasteiger partial charge in [-0.1, -0.05) is 24.3 Å². The van der Waals surface area contributed by atoms with Crippen LogP contribution < -0.4 is 14.8 Å². The average Bonchev–Trinajstić information content (AvgIpc) is 3.48. The molecule has 4 rings (SSSR count). The summed E-state index contributed by atoms with van der Waals surface area (Å²) in [5.41, 5.74) is 1.71. The third kappa shape index (κ3) is 5.01. The first-order valence-corrected chi connectivity index (χ1v) is 10.7. The molecular weight excluding hydrogens is 446 g/mol. The van der Waals surface area contributed by atoms with Gasteiger partial charge in [0.05, 0.1) is 17.7 Å². The number of furan rings is 1. The van der Waals surface area contributed by atoms with E-state index in [2.05, 4.69) is 10.3 Å². The second-order valence-electron chi connectivity index (χ2n) is 6.96. The van der Waals surface area contributed by atoms with Crippen molar-refractivity contribution in [1.82, 2.24) is 4.98 Å². The molecule has 0 radical (unpaired) electrons. The monoisotopic (exact) mass is 465 g/mol. The number of nitro groups is 1. The van der Waals surface area contributed by atoms with E-state index >= 15 is 0 Å². The largest absolute Gasteiger partial charge is 0.493 e. The number of nitrogens with one attached hydrogen (secondary N) is 1. The molecule has 0 atom stereocenters. The summed E-state index contributed by atoms with van der Waals surface area (Å²) in [7, 11) is 1.56. The van der Waals surface area contributed by atoms with E-state index in [0.717, 1.165) is 0 Å². The van der Waals surface area contributed by atoms with Gasteiger partial charge in [-0.2, -0.15) is 0 Å². The molecule has 9 nitrogen and oxygen atoms in total. The zero-order valence-corrected chi connectivity index (χ0v) is 18.5. The summed E-state index contributed by atoms with van der Waals surface area (Å²) in [6.07, 6.45) is 0. The summed E-state index contributed by atoms with van der Waals surface area (Å²) in [6.45, 7) is 1.80. The Labute approximate surface area is 192 Å². The summed E-state index contributed by atoms with van der Waals surface area (Å²) in [5.74, 6) is 1.28. The number of aromatic nitrogens is 1. The summed E-state index contributed by atoms with van der Waals surface area (Å²) < 4.78 is 16.5. The van der Waals surface area contributed by atoms with Gasteiger partial charge < -0.3 is 13.9 Å². The van der Waals surface area contributed by atoms with Gasteiger partial charge in [0.1, 0.15) is 12.4 Å². The number of aryl methyl sites for hydroxylation is 1. The Morgan fingerprint density at radius 3 is 2.73 bits per heavy atom. The number of methoxy groups -OCH3 is 1. The Morgan fingerprint density at radius 2 is 1.97 bits per heavy atom. The first kappa shape index (κ1) is 22.0. The van der Waals surface area contributed by atoms with Gasteiger partial charge in [-0.25, -0.2) is 4.98 Å². The quantitative estimate of drug-likeness (QED) is 0.271. The van der Waals surface area contributed by atoms with Crippen molar-refractivity contribution in [3.8, 4) is 22.8 Å². The van der Waals surface area contributed by atoms with Crippen LogP contribution in [-0.2, 0) is 6.61 Å². The Kier molecular flexibility index (Phi) is 6.36. The third-order valence-corrected chi connectivity index (χ3v) is 5.51. The molecule has 0 aliphatic heterocycles. The van der Waals surface area contributed by atoms with E-state index in [1.165, 1.54) is 17.4 Å². The first-order valence-electron chi connectivity index (χ1n) is 9.81. The fourth-order valence-corrected chi connectivity index (χ4v) is 3.77. The predicted molar refractivity (Wildman–Crippen MR) is 123 cm³/mol. The van der Waals surface area contributed by atoms with E-state index in [9.17, 15) is 14.9 Å². The molecule has 10 heteroatoms. The summed E-state index contributed by atoms with van der Waals surface area (Å²) in [5, 5.41) is 15.9. The second-order valence-corrected chi connectivity index (χ2v) is 7.81. The zero-order valence-electron chi connectivity index (χ0n) is 17.7. The number of hydrogen-bond acceptors (Lipinski definition) is 8. The fraction of sp³-hybridized carbons (Fsp3) is 0.130. The number of para-hydroxylation sites is 2. The molecule has 0 saturated carbocycles. The molecule has 0 spiro atoms. The highest BCUT2D eigenvalue weighted by molar-refractivity contribution is 7.14. The average molecular weight is 465 g/mol. The Hall–Kier alpha value is -4.18. The molecule has 0 unspecified atom stereocenters. The van der Waals surface area contributed by atoms with Gasteiger partial charge in [-0.05, 0) is 31.2 Å². The van der Waals surface area contributed by atoms with Crippen molar-refractivity contribution < 1.29 is 23.6 Å². The molecule has 0 aliphatic rings. The lowest BCUT2D eigenvalue weighted by Gasteiger charge is -2.08. The van der Waals surface area contributed by atoms with Crippen molar-refractivity contribution in [2.45, 2.75) is 13.5 Å². The lowest BCUT2D eigenvalue weighted by Crippen LogP contribution is -2.10. The number of amides is 1. The predicted octanol–water partition coefficient (Wildman–Crippen LogP) is 5.46. The van der Waals surface area contributed by atoms with Crippen LogP contribution in [0.25, 0.3) is 11.3 Å². The maximum absolute atomic E-state index is 12.5. The van der Waals surface area contributed by atoms with Crippen LogP contribution in [-0.4, -0.2) is 22.9 Å². The molecule has 1 N–H and O–H groups in total. The maximum Gasteiger partial charge on any atom is 0.293 e. The van der Waals surface area contributed by atoms with Crippen LogP contribution in [0, 0.1) is 17.0 Å². The minimum absolute atomic E-state index is 0.0181. The van der Waals surface area contributed by atoms with Crippen LogP contribution in [0.3, 0.4) is 0 Å². The number of carbonyl (C=O) groups excluding carboxylic acids is 1. The molecule has 2 heterocycles.